The lowest BCUT2D eigenvalue weighted by Crippen LogP contribution is -2.29. The molecule has 3 heteroatoms. The Kier molecular flexibility index (Phi) is 7.34. The van der Waals surface area contributed by atoms with Crippen molar-refractivity contribution in [2.45, 2.75) is 45.6 Å². The smallest absolute Gasteiger partial charge is 0.125 e. The maximum absolute atomic E-state index is 5.44. The van der Waals surface area contributed by atoms with Crippen molar-refractivity contribution < 1.29 is 9.47 Å². The van der Waals surface area contributed by atoms with Gasteiger partial charge in [0, 0.05) is 12.1 Å². The molecule has 19 heavy (non-hydrogen) atoms. The molecule has 1 N–H and O–H groups in total. The van der Waals surface area contributed by atoms with E-state index in [-0.39, 0.29) is 0 Å². The fourth-order valence-electron chi connectivity index (χ4n) is 2.37. The van der Waals surface area contributed by atoms with Gasteiger partial charge in [-0.1, -0.05) is 26.3 Å². The maximum Gasteiger partial charge on any atom is 0.125 e. The van der Waals surface area contributed by atoms with E-state index < -0.39 is 0 Å². The van der Waals surface area contributed by atoms with Crippen LogP contribution in [0.2, 0.25) is 0 Å². The van der Waals surface area contributed by atoms with Gasteiger partial charge in [-0.2, -0.15) is 0 Å². The highest BCUT2D eigenvalue weighted by molar-refractivity contribution is 5.40. The van der Waals surface area contributed by atoms with Crippen LogP contribution in [0.1, 0.15) is 38.7 Å². The lowest BCUT2D eigenvalue weighted by molar-refractivity contribution is 0.388. The van der Waals surface area contributed by atoms with Crippen LogP contribution in [0.5, 0.6) is 11.5 Å². The van der Waals surface area contributed by atoms with E-state index in [9.17, 15) is 0 Å². The summed E-state index contributed by atoms with van der Waals surface area (Å²) in [5.74, 6) is 1.77. The number of rotatable bonds is 9. The van der Waals surface area contributed by atoms with Crippen molar-refractivity contribution in [3.63, 3.8) is 0 Å². The fraction of sp³-hybridized carbons (Fsp3) is 0.625. The molecule has 0 aliphatic heterocycles. The molecule has 0 amide bonds. The Labute approximate surface area is 117 Å². The normalized spacial score (nSPS) is 12.2. The van der Waals surface area contributed by atoms with E-state index in [2.05, 4.69) is 25.2 Å². The predicted octanol–water partition coefficient (Wildman–Crippen LogP) is 3.41. The van der Waals surface area contributed by atoms with Gasteiger partial charge in [0.1, 0.15) is 11.5 Å². The SMILES string of the molecule is CCCC(CCc1ccc(OC)cc1OC)NCC. The molecule has 0 spiro atoms. The van der Waals surface area contributed by atoms with Crippen molar-refractivity contribution in [2.24, 2.45) is 0 Å². The first-order valence-corrected chi connectivity index (χ1v) is 7.19. The minimum Gasteiger partial charge on any atom is -0.497 e. The molecule has 108 valence electrons. The molecule has 0 fully saturated rings. The number of hydrogen-bond acceptors (Lipinski definition) is 3. The van der Waals surface area contributed by atoms with Crippen LogP contribution in [-0.4, -0.2) is 26.8 Å². The average Bonchev–Trinajstić information content (AvgIpc) is 2.45. The van der Waals surface area contributed by atoms with Gasteiger partial charge in [0.25, 0.3) is 0 Å². The third-order valence-electron chi connectivity index (χ3n) is 3.39. The third kappa shape index (κ3) is 5.11. The Bertz CT molecular complexity index is 360. The van der Waals surface area contributed by atoms with Gasteiger partial charge < -0.3 is 14.8 Å². The van der Waals surface area contributed by atoms with Gasteiger partial charge in [-0.25, -0.2) is 0 Å². The van der Waals surface area contributed by atoms with Gasteiger partial charge in [-0.3, -0.25) is 0 Å². The molecule has 0 heterocycles. The summed E-state index contributed by atoms with van der Waals surface area (Å²) in [4.78, 5) is 0. The van der Waals surface area contributed by atoms with Crippen molar-refractivity contribution in [2.75, 3.05) is 20.8 Å². The Hall–Kier alpha value is -1.22. The minimum atomic E-state index is 0.599. The quantitative estimate of drug-likeness (QED) is 0.742. The number of hydrogen-bond donors (Lipinski definition) is 1. The standard InChI is InChI=1S/C16H27NO2/c1-5-7-14(17-6-2)10-8-13-9-11-15(18-3)12-16(13)19-4/h9,11-12,14,17H,5-8,10H2,1-4H3. The molecule has 1 aromatic rings. The topological polar surface area (TPSA) is 30.5 Å². The van der Waals surface area contributed by atoms with E-state index >= 15 is 0 Å². The Morgan fingerprint density at radius 3 is 2.47 bits per heavy atom. The first kappa shape index (κ1) is 15.8. The lowest BCUT2D eigenvalue weighted by Gasteiger charge is -2.18. The zero-order valence-corrected chi connectivity index (χ0v) is 12.7. The second-order valence-electron chi connectivity index (χ2n) is 4.76. The fourth-order valence-corrected chi connectivity index (χ4v) is 2.37. The summed E-state index contributed by atoms with van der Waals surface area (Å²) >= 11 is 0. The van der Waals surface area contributed by atoms with Gasteiger partial charge in [0.05, 0.1) is 14.2 Å². The van der Waals surface area contributed by atoms with Gasteiger partial charge in [0.15, 0.2) is 0 Å². The van der Waals surface area contributed by atoms with Crippen LogP contribution in [0, 0.1) is 0 Å². The number of aryl methyl sites for hydroxylation is 1. The van der Waals surface area contributed by atoms with E-state index in [4.69, 9.17) is 9.47 Å². The predicted molar refractivity (Wildman–Crippen MR) is 80.2 cm³/mol. The summed E-state index contributed by atoms with van der Waals surface area (Å²) in [7, 11) is 3.39. The summed E-state index contributed by atoms with van der Waals surface area (Å²) < 4.78 is 10.7. The van der Waals surface area contributed by atoms with Crippen LogP contribution < -0.4 is 14.8 Å². The number of nitrogens with one attached hydrogen (secondary N) is 1. The molecule has 0 aliphatic carbocycles. The zero-order valence-electron chi connectivity index (χ0n) is 12.7. The van der Waals surface area contributed by atoms with E-state index in [0.717, 1.165) is 30.9 Å². The van der Waals surface area contributed by atoms with E-state index in [1.165, 1.54) is 18.4 Å². The first-order valence-electron chi connectivity index (χ1n) is 7.19. The van der Waals surface area contributed by atoms with Gasteiger partial charge >= 0.3 is 0 Å². The van der Waals surface area contributed by atoms with Crippen LogP contribution >= 0.6 is 0 Å². The number of methoxy groups -OCH3 is 2. The molecule has 0 saturated heterocycles. The molecular formula is C16H27NO2. The monoisotopic (exact) mass is 265 g/mol. The van der Waals surface area contributed by atoms with Crippen LogP contribution in [0.25, 0.3) is 0 Å². The van der Waals surface area contributed by atoms with Gasteiger partial charge in [-0.15, -0.1) is 0 Å². The van der Waals surface area contributed by atoms with Gasteiger partial charge in [0.2, 0.25) is 0 Å². The second-order valence-corrected chi connectivity index (χ2v) is 4.76. The molecular weight excluding hydrogens is 238 g/mol. The average molecular weight is 265 g/mol. The summed E-state index contributed by atoms with van der Waals surface area (Å²) in [6, 6.07) is 6.66. The number of ether oxygens (including phenoxy) is 2. The Morgan fingerprint density at radius 1 is 1.11 bits per heavy atom. The molecule has 1 unspecified atom stereocenters. The third-order valence-corrected chi connectivity index (χ3v) is 3.39. The highest BCUT2D eigenvalue weighted by Crippen LogP contribution is 2.26. The molecule has 0 aliphatic rings. The maximum atomic E-state index is 5.44. The summed E-state index contributed by atoms with van der Waals surface area (Å²) in [5.41, 5.74) is 1.25. The first-order chi connectivity index (χ1) is 9.24. The van der Waals surface area contributed by atoms with Crippen LogP contribution in [-0.2, 0) is 6.42 Å². The summed E-state index contributed by atoms with van der Waals surface area (Å²) in [5, 5.41) is 3.55. The van der Waals surface area contributed by atoms with Crippen molar-refractivity contribution in [3.05, 3.63) is 23.8 Å². The molecule has 3 nitrogen and oxygen atoms in total. The Morgan fingerprint density at radius 2 is 1.89 bits per heavy atom. The van der Waals surface area contributed by atoms with Crippen molar-refractivity contribution >= 4 is 0 Å². The van der Waals surface area contributed by atoms with Gasteiger partial charge in [-0.05, 0) is 37.4 Å². The van der Waals surface area contributed by atoms with Crippen molar-refractivity contribution in [3.8, 4) is 11.5 Å². The highest BCUT2D eigenvalue weighted by atomic mass is 16.5. The number of benzene rings is 1. The molecule has 1 rings (SSSR count). The molecule has 0 saturated carbocycles. The summed E-state index contributed by atoms with van der Waals surface area (Å²) in [6.45, 7) is 5.43. The van der Waals surface area contributed by atoms with E-state index in [0.29, 0.717) is 6.04 Å². The van der Waals surface area contributed by atoms with Crippen LogP contribution in [0.15, 0.2) is 18.2 Å². The van der Waals surface area contributed by atoms with E-state index in [1.807, 2.05) is 12.1 Å². The highest BCUT2D eigenvalue weighted by Gasteiger charge is 2.09. The second kappa shape index (κ2) is 8.81. The lowest BCUT2D eigenvalue weighted by atomic mass is 10.0. The van der Waals surface area contributed by atoms with Crippen molar-refractivity contribution in [1.82, 2.24) is 5.32 Å². The van der Waals surface area contributed by atoms with Crippen LogP contribution in [0.3, 0.4) is 0 Å². The molecule has 0 radical (unpaired) electrons. The van der Waals surface area contributed by atoms with Crippen molar-refractivity contribution in [1.29, 1.82) is 0 Å². The Balaban J connectivity index is 2.64. The van der Waals surface area contributed by atoms with E-state index in [1.54, 1.807) is 14.2 Å². The largest absolute Gasteiger partial charge is 0.497 e. The molecule has 1 aromatic carbocycles. The minimum absolute atomic E-state index is 0.599. The van der Waals surface area contributed by atoms with Crippen LogP contribution in [0.4, 0.5) is 0 Å². The molecule has 0 aromatic heterocycles. The summed E-state index contributed by atoms with van der Waals surface area (Å²) in [6.07, 6.45) is 4.62. The molecule has 1 atom stereocenters. The zero-order chi connectivity index (χ0) is 14.1. The molecule has 0 bridgehead atoms.